The van der Waals surface area contributed by atoms with E-state index in [0.717, 1.165) is 51.7 Å². The Morgan fingerprint density at radius 2 is 1.49 bits per heavy atom. The van der Waals surface area contributed by atoms with Gasteiger partial charge in [-0.25, -0.2) is 0 Å². The number of carbonyl (C=O) groups is 5. The fourth-order valence-corrected chi connectivity index (χ4v) is 7.28. The van der Waals surface area contributed by atoms with E-state index in [4.69, 9.17) is 9.47 Å². The lowest BCUT2D eigenvalue weighted by Gasteiger charge is -2.34. The van der Waals surface area contributed by atoms with Crippen molar-refractivity contribution in [3.8, 4) is 0 Å². The van der Waals surface area contributed by atoms with Crippen molar-refractivity contribution in [3.05, 3.63) is 59.8 Å². The Morgan fingerprint density at radius 3 is 2.08 bits per heavy atom. The van der Waals surface area contributed by atoms with Crippen LogP contribution in [0.15, 0.2) is 59.8 Å². The number of allylic oxidation sites excluding steroid dienone is 7. The Morgan fingerprint density at radius 1 is 0.846 bits per heavy atom. The summed E-state index contributed by atoms with van der Waals surface area (Å²) in [6.07, 6.45) is 25.3. The van der Waals surface area contributed by atoms with Crippen molar-refractivity contribution >= 4 is 29.7 Å². The maximum atomic E-state index is 12.6. The molecule has 12 heteroatoms. The number of hydrogen-bond donors (Lipinski definition) is 3. The number of rotatable bonds is 28. The van der Waals surface area contributed by atoms with Crippen molar-refractivity contribution in [2.75, 3.05) is 26.4 Å². The van der Waals surface area contributed by atoms with Crippen LogP contribution in [0.4, 0.5) is 0 Å². The molecule has 4 atom stereocenters. The van der Waals surface area contributed by atoms with Crippen LogP contribution in [0.25, 0.3) is 0 Å². The van der Waals surface area contributed by atoms with Gasteiger partial charge >= 0.3 is 0 Å². The SMILES string of the molecule is C=C(CCCCC/C(C)=C/C=C/C=C/[C@@H](C)CC(C)C(=O)CC(O)/C(C)=C/CC(C)=O)C(O)(O)C(=O)C(=O)N1CCCCC1C.CC(C)COC=O.CC(C)OCCOC1CCCCC1. The highest BCUT2D eigenvalue weighted by Gasteiger charge is 2.43. The molecule has 0 bridgehead atoms. The third kappa shape index (κ3) is 29.7. The first kappa shape index (κ1) is 61.5. The van der Waals surface area contributed by atoms with E-state index in [0.29, 0.717) is 56.2 Å². The summed E-state index contributed by atoms with van der Waals surface area (Å²) in [5.74, 6) is -4.43. The number of nitrogens with zero attached hydrogens (tertiary/aromatic N) is 1. The summed E-state index contributed by atoms with van der Waals surface area (Å²) < 4.78 is 15.5. The maximum absolute atomic E-state index is 12.6. The summed E-state index contributed by atoms with van der Waals surface area (Å²) in [4.78, 5) is 59.8. The van der Waals surface area contributed by atoms with E-state index >= 15 is 0 Å². The number of amides is 1. The number of aliphatic hydroxyl groups is 3. The molecule has 0 aromatic carbocycles. The largest absolute Gasteiger partial charge is 0.468 e. The number of Topliss-reactive ketones (excluding diaryl/α,β-unsaturated/α-hetero) is 3. The van der Waals surface area contributed by atoms with Crippen molar-refractivity contribution in [3.63, 3.8) is 0 Å². The molecule has 65 heavy (non-hydrogen) atoms. The van der Waals surface area contributed by atoms with Crippen LogP contribution in [0.2, 0.25) is 0 Å². The minimum atomic E-state index is -2.84. The summed E-state index contributed by atoms with van der Waals surface area (Å²) in [6.45, 7) is 25.8. The highest BCUT2D eigenvalue weighted by molar-refractivity contribution is 6.39. The Kier molecular flexibility index (Phi) is 33.7. The zero-order valence-electron chi connectivity index (χ0n) is 42.0. The average molecular weight is 916 g/mol. The van der Waals surface area contributed by atoms with Crippen molar-refractivity contribution in [2.24, 2.45) is 17.8 Å². The molecule has 0 spiro atoms. The topological polar surface area (TPSA) is 177 Å². The second-order valence-electron chi connectivity index (χ2n) is 18.8. The average Bonchev–Trinajstić information content (AvgIpc) is 3.26. The van der Waals surface area contributed by atoms with Crippen LogP contribution in [-0.4, -0.2) is 106 Å². The minimum absolute atomic E-state index is 0.00917. The molecule has 3 unspecified atom stereocenters. The molecule has 372 valence electrons. The number of hydrogen-bond acceptors (Lipinski definition) is 11. The molecule has 12 nitrogen and oxygen atoms in total. The van der Waals surface area contributed by atoms with Crippen LogP contribution in [-0.2, 0) is 38.2 Å². The van der Waals surface area contributed by atoms with Crippen molar-refractivity contribution < 1.29 is 53.5 Å². The van der Waals surface area contributed by atoms with Crippen LogP contribution in [0, 0.1) is 17.8 Å². The zero-order valence-corrected chi connectivity index (χ0v) is 42.0. The fraction of sp³-hybridized carbons (Fsp3) is 0.717. The molecule has 1 aliphatic carbocycles. The molecule has 0 aromatic rings. The van der Waals surface area contributed by atoms with Gasteiger partial charge in [0.05, 0.1) is 38.1 Å². The molecule has 3 N–H and O–H groups in total. The molecule has 2 fully saturated rings. The first-order valence-corrected chi connectivity index (χ1v) is 24.3. The zero-order chi connectivity index (χ0) is 49.4. The van der Waals surface area contributed by atoms with Gasteiger partial charge < -0.3 is 34.4 Å². The van der Waals surface area contributed by atoms with Crippen molar-refractivity contribution in [1.82, 2.24) is 4.90 Å². The molecule has 2 rings (SSSR count). The van der Waals surface area contributed by atoms with Gasteiger partial charge in [0.1, 0.15) is 11.6 Å². The van der Waals surface area contributed by atoms with Gasteiger partial charge in [0.2, 0.25) is 0 Å². The molecule has 1 amide bonds. The number of ether oxygens (including phenoxy) is 3. The van der Waals surface area contributed by atoms with Crippen LogP contribution >= 0.6 is 0 Å². The summed E-state index contributed by atoms with van der Waals surface area (Å²) in [7, 11) is 0. The van der Waals surface area contributed by atoms with Gasteiger partial charge in [-0.1, -0.05) is 102 Å². The van der Waals surface area contributed by atoms with Crippen LogP contribution < -0.4 is 0 Å². The number of aliphatic hydroxyl groups excluding tert-OH is 1. The van der Waals surface area contributed by atoms with E-state index in [2.05, 4.69) is 38.2 Å². The summed E-state index contributed by atoms with van der Waals surface area (Å²) >= 11 is 0. The van der Waals surface area contributed by atoms with E-state index in [1.807, 2.05) is 58.9 Å². The van der Waals surface area contributed by atoms with Crippen LogP contribution in [0.5, 0.6) is 0 Å². The van der Waals surface area contributed by atoms with Gasteiger partial charge in [-0.2, -0.15) is 0 Å². The van der Waals surface area contributed by atoms with Crippen LogP contribution in [0.1, 0.15) is 172 Å². The second kappa shape index (κ2) is 35.6. The fourth-order valence-electron chi connectivity index (χ4n) is 7.28. The van der Waals surface area contributed by atoms with Crippen molar-refractivity contribution in [1.29, 1.82) is 0 Å². The minimum Gasteiger partial charge on any atom is -0.468 e. The van der Waals surface area contributed by atoms with E-state index in [9.17, 15) is 39.3 Å². The third-order valence-corrected chi connectivity index (χ3v) is 11.5. The first-order chi connectivity index (χ1) is 30.6. The molecule has 2 aliphatic rings. The first-order valence-electron chi connectivity index (χ1n) is 24.3. The van der Waals surface area contributed by atoms with Gasteiger partial charge in [-0.15, -0.1) is 0 Å². The summed E-state index contributed by atoms with van der Waals surface area (Å²) in [6, 6.07) is -0.0958. The quantitative estimate of drug-likeness (QED) is 0.0170. The molecule has 1 saturated heterocycles. The van der Waals surface area contributed by atoms with Gasteiger partial charge in [0.15, 0.2) is 0 Å². The number of unbranched alkanes of at least 4 members (excludes halogenated alkanes) is 2. The van der Waals surface area contributed by atoms with E-state index in [1.54, 1.807) is 13.0 Å². The lowest BCUT2D eigenvalue weighted by molar-refractivity contribution is -0.178. The molecular formula is C53H89NO11. The number of piperidine rings is 1. The van der Waals surface area contributed by atoms with Crippen LogP contribution in [0.3, 0.4) is 0 Å². The lowest BCUT2D eigenvalue weighted by Crippen LogP contribution is -2.53. The Bertz CT molecular complexity index is 1520. The summed E-state index contributed by atoms with van der Waals surface area (Å²) in [5.41, 5.74) is 1.80. The molecular weight excluding hydrogens is 827 g/mol. The Labute approximate surface area is 393 Å². The third-order valence-electron chi connectivity index (χ3n) is 11.5. The molecule has 1 heterocycles. The second-order valence-corrected chi connectivity index (χ2v) is 18.8. The normalized spacial score (nSPS) is 17.8. The van der Waals surface area contributed by atoms with Gasteiger partial charge in [0, 0.05) is 31.3 Å². The molecule has 1 saturated carbocycles. The Balaban J connectivity index is 0.00000167. The highest BCUT2D eigenvalue weighted by Crippen LogP contribution is 2.25. The monoisotopic (exact) mass is 916 g/mol. The van der Waals surface area contributed by atoms with Gasteiger partial charge in [-0.3, -0.25) is 24.0 Å². The highest BCUT2D eigenvalue weighted by atomic mass is 16.5. The molecule has 1 aliphatic heterocycles. The smallest absolute Gasteiger partial charge is 0.296 e. The predicted molar refractivity (Wildman–Crippen MR) is 260 cm³/mol. The van der Waals surface area contributed by atoms with Gasteiger partial charge in [-0.05, 0) is 129 Å². The Hall–Kier alpha value is -3.55. The van der Waals surface area contributed by atoms with E-state index < -0.39 is 23.6 Å². The molecule has 0 aromatic heterocycles. The van der Waals surface area contributed by atoms with E-state index in [1.165, 1.54) is 49.5 Å². The lowest BCUT2D eigenvalue weighted by atomic mass is 9.90. The standard InChI is InChI=1S/C37H57NO7.C11H22O2.C5H10O2/c1-26(16-10-8-12-18-27(2)24-29(4)34(41)25-33(40)28(3)21-22-32(7)39)17-11-9-13-19-30(5)37(44,45)35(42)36(43)38-23-15-14-20-31(38)6;1-10(2)12-8-9-13-11-6-4-3-5-7-11;1-5(2)3-7-4-6/h8,10,12,16,18,21,27,29,31,33,40,44-45H,5,9,11,13-15,17,19-20,22-25H2,1-4,6-7H3;10-11H,3-9H2,1-2H3;4-5H,3H2,1-2H3/b10-8+,18-12+,26-16+,28-21+;;/t27-,29?,31?,33?;;/m1../s1. The molecule has 0 radical (unpaired) electrons. The number of likely N-dealkylation sites (tertiary alicyclic amines) is 1. The van der Waals surface area contributed by atoms with Gasteiger partial charge in [0.25, 0.3) is 23.9 Å². The predicted octanol–water partition coefficient (Wildman–Crippen LogP) is 9.69. The number of ketones is 3. The summed E-state index contributed by atoms with van der Waals surface area (Å²) in [5, 5.41) is 31.1. The number of carbonyl (C=O) groups excluding carboxylic acids is 5. The maximum Gasteiger partial charge on any atom is 0.296 e. The van der Waals surface area contributed by atoms with E-state index in [-0.39, 0.29) is 54.3 Å². The van der Waals surface area contributed by atoms with Crippen molar-refractivity contribution in [2.45, 2.75) is 202 Å².